The molecule has 0 aliphatic heterocycles. The van der Waals surface area contributed by atoms with Gasteiger partial charge in [0.1, 0.15) is 5.82 Å². The SMILES string of the molecule is CCOP(=O)(Cc1ccc(NC(=O)CCc2cnn(C)c2-c2ccc(F)cc2)cc1)OCC. The quantitative estimate of drug-likeness (QED) is 0.369. The van der Waals surface area contributed by atoms with Crippen LogP contribution in [0.2, 0.25) is 0 Å². The highest BCUT2D eigenvalue weighted by Crippen LogP contribution is 2.51. The predicted octanol–water partition coefficient (Wildman–Crippen LogP) is 5.56. The van der Waals surface area contributed by atoms with Crippen molar-refractivity contribution >= 4 is 19.2 Å². The molecule has 0 saturated heterocycles. The van der Waals surface area contributed by atoms with Gasteiger partial charge in [0.05, 0.1) is 31.3 Å². The standard InChI is InChI=1S/C24H29FN3O4P/c1-4-31-33(30,32-5-2)17-18-6-13-22(14-7-18)27-23(29)15-10-20-16-26-28(3)24(20)19-8-11-21(25)12-9-19/h6-9,11-14,16H,4-5,10,15,17H2,1-3H3,(H,27,29). The molecule has 0 spiro atoms. The van der Waals surface area contributed by atoms with Gasteiger partial charge in [-0.3, -0.25) is 14.0 Å². The van der Waals surface area contributed by atoms with Crippen LogP contribution < -0.4 is 5.32 Å². The molecule has 0 fully saturated rings. The van der Waals surface area contributed by atoms with Crippen LogP contribution in [0.25, 0.3) is 11.3 Å². The second-order valence-corrected chi connectivity index (χ2v) is 9.55. The van der Waals surface area contributed by atoms with E-state index < -0.39 is 7.60 Å². The number of halogens is 1. The highest BCUT2D eigenvalue weighted by molar-refractivity contribution is 7.53. The maximum absolute atomic E-state index is 13.3. The van der Waals surface area contributed by atoms with E-state index in [1.54, 1.807) is 61.1 Å². The summed E-state index contributed by atoms with van der Waals surface area (Å²) >= 11 is 0. The maximum Gasteiger partial charge on any atom is 0.335 e. The van der Waals surface area contributed by atoms with Crippen LogP contribution in [0.3, 0.4) is 0 Å². The molecule has 0 saturated carbocycles. The summed E-state index contributed by atoms with van der Waals surface area (Å²) in [5, 5.41) is 7.17. The number of rotatable bonds is 11. The molecule has 0 radical (unpaired) electrons. The number of nitrogens with zero attached hydrogens (tertiary/aromatic N) is 2. The molecule has 1 N–H and O–H groups in total. The second-order valence-electron chi connectivity index (χ2n) is 7.50. The molecule has 0 bridgehead atoms. The van der Waals surface area contributed by atoms with Gasteiger partial charge in [0, 0.05) is 24.7 Å². The molecular weight excluding hydrogens is 444 g/mol. The third-order valence-electron chi connectivity index (χ3n) is 5.02. The van der Waals surface area contributed by atoms with Crippen LogP contribution >= 0.6 is 7.60 Å². The van der Waals surface area contributed by atoms with Crippen LogP contribution in [0.5, 0.6) is 0 Å². The number of benzene rings is 2. The van der Waals surface area contributed by atoms with Gasteiger partial charge in [-0.15, -0.1) is 0 Å². The second kappa shape index (κ2) is 11.4. The molecule has 7 nitrogen and oxygen atoms in total. The summed E-state index contributed by atoms with van der Waals surface area (Å²) in [4.78, 5) is 12.5. The number of carbonyl (C=O) groups excluding carboxylic acids is 1. The molecular formula is C24H29FN3O4P. The van der Waals surface area contributed by atoms with E-state index in [9.17, 15) is 13.8 Å². The highest BCUT2D eigenvalue weighted by Gasteiger charge is 2.24. The zero-order valence-electron chi connectivity index (χ0n) is 19.1. The van der Waals surface area contributed by atoms with Gasteiger partial charge in [-0.1, -0.05) is 12.1 Å². The summed E-state index contributed by atoms with van der Waals surface area (Å²) in [6.45, 7) is 4.17. The first-order valence-electron chi connectivity index (χ1n) is 10.9. The number of anilines is 1. The Hall–Kier alpha value is -2.80. The van der Waals surface area contributed by atoms with Crippen LogP contribution in [-0.2, 0) is 38.0 Å². The first kappa shape index (κ1) is 24.8. The van der Waals surface area contributed by atoms with Crippen molar-refractivity contribution < 1.29 is 22.8 Å². The lowest BCUT2D eigenvalue weighted by molar-refractivity contribution is -0.116. The summed E-state index contributed by atoms with van der Waals surface area (Å²) in [5.74, 6) is -0.433. The summed E-state index contributed by atoms with van der Waals surface area (Å²) in [6.07, 6.45) is 2.67. The molecule has 3 rings (SSSR count). The monoisotopic (exact) mass is 473 g/mol. The van der Waals surface area contributed by atoms with Crippen molar-refractivity contribution in [1.29, 1.82) is 0 Å². The Labute approximate surface area is 193 Å². The van der Waals surface area contributed by atoms with Crippen molar-refractivity contribution in [3.05, 3.63) is 71.7 Å². The number of carbonyl (C=O) groups is 1. The molecule has 0 aliphatic rings. The Morgan fingerprint density at radius 1 is 1.06 bits per heavy atom. The smallest absolute Gasteiger partial charge is 0.326 e. The number of hydrogen-bond donors (Lipinski definition) is 1. The number of nitrogens with one attached hydrogen (secondary N) is 1. The lowest BCUT2D eigenvalue weighted by Gasteiger charge is -2.17. The minimum Gasteiger partial charge on any atom is -0.326 e. The molecule has 176 valence electrons. The van der Waals surface area contributed by atoms with Crippen molar-refractivity contribution in [2.75, 3.05) is 18.5 Å². The lowest BCUT2D eigenvalue weighted by atomic mass is 10.0. The molecule has 1 heterocycles. The predicted molar refractivity (Wildman–Crippen MR) is 127 cm³/mol. The van der Waals surface area contributed by atoms with Crippen molar-refractivity contribution in [2.45, 2.75) is 32.9 Å². The van der Waals surface area contributed by atoms with E-state index in [2.05, 4.69) is 10.4 Å². The molecule has 0 unspecified atom stereocenters. The fraction of sp³-hybridized carbons (Fsp3) is 0.333. The van der Waals surface area contributed by atoms with E-state index in [1.807, 2.05) is 7.05 Å². The number of aromatic nitrogens is 2. The molecule has 0 atom stereocenters. The molecule has 1 aromatic heterocycles. The fourth-order valence-corrected chi connectivity index (χ4v) is 5.26. The van der Waals surface area contributed by atoms with Crippen LogP contribution in [0, 0.1) is 5.82 Å². The summed E-state index contributed by atoms with van der Waals surface area (Å²) in [5.41, 5.74) is 4.07. The summed E-state index contributed by atoms with van der Waals surface area (Å²) < 4.78 is 38.3. The molecule has 0 aliphatic carbocycles. The van der Waals surface area contributed by atoms with Crippen LogP contribution in [0.15, 0.2) is 54.7 Å². The highest BCUT2D eigenvalue weighted by atomic mass is 31.2. The average Bonchev–Trinajstić information content (AvgIpc) is 3.15. The third-order valence-corrected chi connectivity index (χ3v) is 7.07. The Bertz CT molecular complexity index is 1100. The molecule has 1 amide bonds. The molecule has 2 aromatic carbocycles. The van der Waals surface area contributed by atoms with Crippen molar-refractivity contribution in [2.24, 2.45) is 7.05 Å². The van der Waals surface area contributed by atoms with Gasteiger partial charge in [0.2, 0.25) is 5.91 Å². The van der Waals surface area contributed by atoms with Gasteiger partial charge >= 0.3 is 7.60 Å². The van der Waals surface area contributed by atoms with Crippen LogP contribution in [-0.4, -0.2) is 28.9 Å². The van der Waals surface area contributed by atoms with Gasteiger partial charge < -0.3 is 14.4 Å². The van der Waals surface area contributed by atoms with Gasteiger partial charge in [-0.2, -0.15) is 5.10 Å². The van der Waals surface area contributed by atoms with Gasteiger partial charge in [0.25, 0.3) is 0 Å². The third kappa shape index (κ3) is 6.84. The van der Waals surface area contributed by atoms with Crippen molar-refractivity contribution in [3.63, 3.8) is 0 Å². The van der Waals surface area contributed by atoms with Gasteiger partial charge in [0.15, 0.2) is 0 Å². The molecule has 3 aromatic rings. The van der Waals surface area contributed by atoms with E-state index in [0.29, 0.717) is 25.3 Å². The maximum atomic E-state index is 13.3. The van der Waals surface area contributed by atoms with E-state index in [1.165, 1.54) is 12.1 Å². The Morgan fingerprint density at radius 2 is 1.70 bits per heavy atom. The number of amides is 1. The largest absolute Gasteiger partial charge is 0.335 e. The van der Waals surface area contributed by atoms with Gasteiger partial charge in [-0.05, 0) is 67.8 Å². The topological polar surface area (TPSA) is 82.5 Å². The Morgan fingerprint density at radius 3 is 2.30 bits per heavy atom. The van der Waals surface area contributed by atoms with E-state index in [4.69, 9.17) is 9.05 Å². The Balaban J connectivity index is 1.59. The normalized spacial score (nSPS) is 11.5. The van der Waals surface area contributed by atoms with E-state index in [0.717, 1.165) is 22.4 Å². The molecule has 9 heteroatoms. The minimum absolute atomic E-state index is 0.133. The number of hydrogen-bond acceptors (Lipinski definition) is 5. The van der Waals surface area contributed by atoms with Crippen molar-refractivity contribution in [3.8, 4) is 11.3 Å². The Kier molecular flexibility index (Phi) is 8.55. The van der Waals surface area contributed by atoms with E-state index in [-0.39, 0.29) is 24.3 Å². The lowest BCUT2D eigenvalue weighted by Crippen LogP contribution is -2.12. The summed E-state index contributed by atoms with van der Waals surface area (Å²) in [7, 11) is -1.36. The van der Waals surface area contributed by atoms with Gasteiger partial charge in [-0.25, -0.2) is 4.39 Å². The average molecular weight is 473 g/mol. The first-order valence-corrected chi connectivity index (χ1v) is 12.6. The summed E-state index contributed by atoms with van der Waals surface area (Å²) in [6, 6.07) is 13.4. The zero-order chi connectivity index (χ0) is 23.8. The molecule has 33 heavy (non-hydrogen) atoms. The van der Waals surface area contributed by atoms with Crippen LogP contribution in [0.1, 0.15) is 31.4 Å². The van der Waals surface area contributed by atoms with Crippen LogP contribution in [0.4, 0.5) is 10.1 Å². The fourth-order valence-electron chi connectivity index (χ4n) is 3.56. The minimum atomic E-state index is -3.18. The zero-order valence-corrected chi connectivity index (χ0v) is 20.0. The van der Waals surface area contributed by atoms with E-state index >= 15 is 0 Å². The first-order chi connectivity index (χ1) is 15.8. The van der Waals surface area contributed by atoms with Crippen molar-refractivity contribution in [1.82, 2.24) is 9.78 Å². The number of aryl methyl sites for hydroxylation is 2.